The molecule has 2 aromatic carbocycles. The minimum Gasteiger partial charge on any atom is -0.358 e. The van der Waals surface area contributed by atoms with Crippen LogP contribution in [0.5, 0.6) is 0 Å². The third kappa shape index (κ3) is 4.20. The van der Waals surface area contributed by atoms with Gasteiger partial charge in [0.15, 0.2) is 11.5 Å². The average molecular weight is 430 g/mol. The van der Waals surface area contributed by atoms with Gasteiger partial charge >= 0.3 is 0 Å². The molecule has 0 saturated carbocycles. The topological polar surface area (TPSA) is 82.1 Å². The molecule has 2 N–H and O–H groups in total. The summed E-state index contributed by atoms with van der Waals surface area (Å²) in [6.45, 7) is 5.81. The zero-order valence-corrected chi connectivity index (χ0v) is 18.0. The first-order valence-corrected chi connectivity index (χ1v) is 10.3. The van der Waals surface area contributed by atoms with Crippen molar-refractivity contribution in [2.24, 2.45) is 4.99 Å². The number of H-pyrrole nitrogens is 1. The number of aromatic nitrogens is 4. The number of hydrogen-bond donors (Lipinski definition) is 2. The summed E-state index contributed by atoms with van der Waals surface area (Å²) < 4.78 is 14.4. The number of rotatable bonds is 7. The Kier molecular flexibility index (Phi) is 6.21. The third-order valence-electron chi connectivity index (χ3n) is 5.21. The lowest BCUT2D eigenvalue weighted by Gasteiger charge is -2.29. The molecule has 0 bridgehead atoms. The molecule has 1 atom stereocenters. The fraction of sp³-hybridized carbons (Fsp3) is 0.167. The molecule has 8 heteroatoms. The van der Waals surface area contributed by atoms with Crippen LogP contribution in [0.15, 0.2) is 72.8 Å². The van der Waals surface area contributed by atoms with Gasteiger partial charge in [0.1, 0.15) is 23.5 Å². The van der Waals surface area contributed by atoms with Gasteiger partial charge in [-0.3, -0.25) is 0 Å². The molecule has 0 fully saturated rings. The number of amidine groups is 1. The predicted molar refractivity (Wildman–Crippen MR) is 128 cm³/mol. The van der Waals surface area contributed by atoms with Gasteiger partial charge in [-0.15, -0.1) is 0 Å². The van der Waals surface area contributed by atoms with Crippen molar-refractivity contribution >= 4 is 40.3 Å². The maximum absolute atomic E-state index is 14.4. The lowest BCUT2D eigenvalue weighted by atomic mass is 10.1. The number of para-hydroxylation sites is 1. The average Bonchev–Trinajstić information content (AvgIpc) is 3.31. The van der Waals surface area contributed by atoms with Crippen LogP contribution < -0.4 is 10.2 Å². The van der Waals surface area contributed by atoms with Crippen LogP contribution in [0.2, 0.25) is 0 Å². The van der Waals surface area contributed by atoms with Crippen LogP contribution in [0.3, 0.4) is 0 Å². The van der Waals surface area contributed by atoms with E-state index in [4.69, 9.17) is 4.99 Å². The largest absolute Gasteiger partial charge is 0.358 e. The normalized spacial score (nSPS) is 12.5. The van der Waals surface area contributed by atoms with E-state index in [0.717, 1.165) is 5.69 Å². The number of imidazole rings is 1. The van der Waals surface area contributed by atoms with Crippen LogP contribution in [0, 0.1) is 5.82 Å². The highest BCUT2D eigenvalue weighted by Crippen LogP contribution is 2.26. The summed E-state index contributed by atoms with van der Waals surface area (Å²) in [5.74, 6) is 0.967. The van der Waals surface area contributed by atoms with Gasteiger partial charge in [0.2, 0.25) is 0 Å². The Morgan fingerprint density at radius 3 is 2.75 bits per heavy atom. The van der Waals surface area contributed by atoms with Crippen molar-refractivity contribution < 1.29 is 4.39 Å². The Labute approximate surface area is 185 Å². The van der Waals surface area contributed by atoms with Crippen LogP contribution in [0.1, 0.15) is 18.9 Å². The number of halogens is 1. The second-order valence-corrected chi connectivity index (χ2v) is 7.17. The van der Waals surface area contributed by atoms with Gasteiger partial charge in [-0.1, -0.05) is 43.8 Å². The maximum Gasteiger partial charge on any atom is 0.182 e. The van der Waals surface area contributed by atoms with E-state index >= 15 is 0 Å². The lowest BCUT2D eigenvalue weighted by molar-refractivity contribution is 0.625. The van der Waals surface area contributed by atoms with Crippen molar-refractivity contribution in [3.8, 4) is 0 Å². The van der Waals surface area contributed by atoms with Gasteiger partial charge in [0.25, 0.3) is 0 Å². The van der Waals surface area contributed by atoms with E-state index in [1.807, 2.05) is 42.3 Å². The SMILES string of the molecule is C=Cc1c(F)cccc1/N=C(/C(CC)Nc1ncnc2nc[nH]c12)N(C)c1ccccc1. The molecule has 2 aromatic heterocycles. The molecular formula is C24H24FN7. The predicted octanol–water partition coefficient (Wildman–Crippen LogP) is 5.19. The fourth-order valence-corrected chi connectivity index (χ4v) is 3.51. The van der Waals surface area contributed by atoms with Crippen molar-refractivity contribution in [3.63, 3.8) is 0 Å². The molecule has 0 aliphatic heterocycles. The van der Waals surface area contributed by atoms with E-state index in [1.54, 1.807) is 18.5 Å². The Morgan fingerprint density at radius 1 is 1.19 bits per heavy atom. The quantitative estimate of drug-likeness (QED) is 0.312. The van der Waals surface area contributed by atoms with Crippen LogP contribution >= 0.6 is 0 Å². The van der Waals surface area contributed by atoms with Crippen molar-refractivity contribution in [1.82, 2.24) is 19.9 Å². The second-order valence-electron chi connectivity index (χ2n) is 7.17. The number of benzene rings is 2. The van der Waals surface area contributed by atoms with E-state index in [0.29, 0.717) is 40.5 Å². The molecule has 1 unspecified atom stereocenters. The number of hydrogen-bond acceptors (Lipinski definition) is 5. The Balaban J connectivity index is 1.81. The zero-order chi connectivity index (χ0) is 22.5. The molecule has 0 radical (unpaired) electrons. The van der Waals surface area contributed by atoms with Gasteiger partial charge in [-0.2, -0.15) is 0 Å². The fourth-order valence-electron chi connectivity index (χ4n) is 3.51. The molecule has 0 amide bonds. The first-order valence-electron chi connectivity index (χ1n) is 10.3. The highest BCUT2D eigenvalue weighted by Gasteiger charge is 2.22. The molecule has 0 saturated heterocycles. The van der Waals surface area contributed by atoms with E-state index in [1.165, 1.54) is 18.5 Å². The second kappa shape index (κ2) is 9.38. The molecule has 4 aromatic rings. The molecule has 32 heavy (non-hydrogen) atoms. The number of nitrogens with zero attached hydrogens (tertiary/aromatic N) is 5. The molecule has 0 aliphatic rings. The summed E-state index contributed by atoms with van der Waals surface area (Å²) >= 11 is 0. The number of nitrogens with one attached hydrogen (secondary N) is 2. The van der Waals surface area contributed by atoms with Crippen molar-refractivity contribution in [2.45, 2.75) is 19.4 Å². The summed E-state index contributed by atoms with van der Waals surface area (Å²) in [6, 6.07) is 14.5. The molecular weight excluding hydrogens is 405 g/mol. The lowest BCUT2D eigenvalue weighted by Crippen LogP contribution is -2.41. The molecule has 0 spiro atoms. The van der Waals surface area contributed by atoms with Crippen molar-refractivity contribution in [2.75, 3.05) is 17.3 Å². The summed E-state index contributed by atoms with van der Waals surface area (Å²) in [4.78, 5) is 22.7. The number of aromatic amines is 1. The Hall–Kier alpha value is -4.07. The maximum atomic E-state index is 14.4. The van der Waals surface area contributed by atoms with Crippen LogP contribution in [-0.2, 0) is 0 Å². The monoisotopic (exact) mass is 429 g/mol. The molecule has 4 rings (SSSR count). The van der Waals surface area contributed by atoms with E-state index < -0.39 is 0 Å². The van der Waals surface area contributed by atoms with Crippen LogP contribution in [0.25, 0.3) is 17.2 Å². The number of anilines is 2. The first-order chi connectivity index (χ1) is 15.6. The molecule has 2 heterocycles. The minimum absolute atomic E-state index is 0.234. The third-order valence-corrected chi connectivity index (χ3v) is 5.21. The number of aliphatic imine (C=N–C) groups is 1. The first kappa shape index (κ1) is 21.2. The molecule has 0 aliphatic carbocycles. The standard InChI is InChI=1S/C24H24FN7/c1-4-17-18(25)12-9-13-20(17)31-24(32(3)16-10-7-6-8-11-16)19(5-2)30-23-21-22(27-14-26-21)28-15-29-23/h4,6-15,19H,1,5H2,2-3H3,(H2,26,27,28,29,30)/b31-24-. The Morgan fingerprint density at radius 2 is 2.00 bits per heavy atom. The van der Waals surface area contributed by atoms with Gasteiger partial charge < -0.3 is 15.2 Å². The van der Waals surface area contributed by atoms with Crippen molar-refractivity contribution in [1.29, 1.82) is 0 Å². The van der Waals surface area contributed by atoms with Crippen LogP contribution in [0.4, 0.5) is 21.6 Å². The summed E-state index contributed by atoms with van der Waals surface area (Å²) in [5.41, 5.74) is 3.11. The summed E-state index contributed by atoms with van der Waals surface area (Å²) in [6.07, 6.45) is 5.24. The molecule has 162 valence electrons. The summed E-state index contributed by atoms with van der Waals surface area (Å²) in [5, 5.41) is 3.47. The van der Waals surface area contributed by atoms with Gasteiger partial charge in [-0.05, 0) is 30.7 Å². The summed E-state index contributed by atoms with van der Waals surface area (Å²) in [7, 11) is 1.94. The number of likely N-dealkylation sites (N-methyl/N-ethyl adjacent to an activating group) is 1. The zero-order valence-electron chi connectivity index (χ0n) is 18.0. The van der Waals surface area contributed by atoms with Crippen LogP contribution in [-0.4, -0.2) is 38.9 Å². The molecule has 7 nitrogen and oxygen atoms in total. The number of fused-ring (bicyclic) bond motifs is 1. The van der Waals surface area contributed by atoms with E-state index in [2.05, 4.69) is 38.8 Å². The highest BCUT2D eigenvalue weighted by atomic mass is 19.1. The smallest absolute Gasteiger partial charge is 0.182 e. The van der Waals surface area contributed by atoms with Gasteiger partial charge in [0, 0.05) is 18.3 Å². The minimum atomic E-state index is -0.362. The van der Waals surface area contributed by atoms with E-state index in [-0.39, 0.29) is 11.9 Å². The van der Waals surface area contributed by atoms with Crippen molar-refractivity contribution in [3.05, 3.63) is 79.1 Å². The van der Waals surface area contributed by atoms with Gasteiger partial charge in [-0.25, -0.2) is 24.3 Å². The Bertz CT molecular complexity index is 1250. The highest BCUT2D eigenvalue weighted by molar-refractivity contribution is 6.04. The van der Waals surface area contributed by atoms with Gasteiger partial charge in [0.05, 0.1) is 18.1 Å². The van der Waals surface area contributed by atoms with E-state index in [9.17, 15) is 4.39 Å².